The van der Waals surface area contributed by atoms with Gasteiger partial charge in [-0.3, -0.25) is 9.63 Å². The number of sulfone groups is 1. The van der Waals surface area contributed by atoms with Gasteiger partial charge in [0.15, 0.2) is 9.84 Å². The Balaban J connectivity index is 3.03. The Morgan fingerprint density at radius 3 is 2.32 bits per heavy atom. The van der Waals surface area contributed by atoms with Crippen LogP contribution in [-0.2, 0) is 14.7 Å². The molecule has 0 radical (unpaired) electrons. The van der Waals surface area contributed by atoms with Crippen molar-refractivity contribution in [3.63, 3.8) is 0 Å². The molecule has 1 aromatic carbocycles. The average Bonchev–Trinajstić information content (AvgIpc) is 2.24. The third kappa shape index (κ3) is 4.65. The first-order valence-electron chi connectivity index (χ1n) is 5.80. The van der Waals surface area contributed by atoms with Gasteiger partial charge in [0.1, 0.15) is 0 Å². The molecule has 0 aliphatic carbocycles. The van der Waals surface area contributed by atoms with Crippen LogP contribution in [-0.4, -0.2) is 26.2 Å². The van der Waals surface area contributed by atoms with Gasteiger partial charge in [-0.1, -0.05) is 6.07 Å². The Bertz CT molecular complexity index is 585. The first kappa shape index (κ1) is 15.7. The van der Waals surface area contributed by atoms with Gasteiger partial charge in [-0.25, -0.2) is 13.9 Å². The molecule has 6 heteroatoms. The maximum absolute atomic E-state index is 12.0. The first-order valence-corrected chi connectivity index (χ1v) is 7.69. The molecule has 0 heterocycles. The first-order chi connectivity index (χ1) is 8.50. The van der Waals surface area contributed by atoms with E-state index in [0.29, 0.717) is 5.56 Å². The summed E-state index contributed by atoms with van der Waals surface area (Å²) in [5, 5.41) is 0. The SMILES string of the molecule is Cc1ccc(S(C)(=O)=O)cc1C(=O)NOC(C)(C)C. The Labute approximate surface area is 113 Å². The lowest BCUT2D eigenvalue weighted by Gasteiger charge is -2.19. The fourth-order valence-corrected chi connectivity index (χ4v) is 1.98. The zero-order valence-electron chi connectivity index (χ0n) is 11.8. The summed E-state index contributed by atoms with van der Waals surface area (Å²) in [5.74, 6) is -0.460. The Morgan fingerprint density at radius 1 is 1.26 bits per heavy atom. The van der Waals surface area contributed by atoms with Gasteiger partial charge in [0.05, 0.1) is 10.5 Å². The van der Waals surface area contributed by atoms with Crippen molar-refractivity contribution in [3.05, 3.63) is 29.3 Å². The molecule has 0 aromatic heterocycles. The molecule has 1 amide bonds. The molecule has 0 aliphatic heterocycles. The number of amides is 1. The highest BCUT2D eigenvalue weighted by atomic mass is 32.2. The summed E-state index contributed by atoms with van der Waals surface area (Å²) in [6, 6.07) is 4.43. The van der Waals surface area contributed by atoms with E-state index in [9.17, 15) is 13.2 Å². The number of hydrogen-bond donors (Lipinski definition) is 1. The lowest BCUT2D eigenvalue weighted by Crippen LogP contribution is -2.33. The van der Waals surface area contributed by atoms with Crippen LogP contribution in [0.1, 0.15) is 36.7 Å². The summed E-state index contributed by atoms with van der Waals surface area (Å²) in [5.41, 5.74) is 2.78. The number of nitrogens with one attached hydrogen (secondary N) is 1. The lowest BCUT2D eigenvalue weighted by atomic mass is 10.1. The van der Waals surface area contributed by atoms with Crippen molar-refractivity contribution >= 4 is 15.7 Å². The lowest BCUT2D eigenvalue weighted by molar-refractivity contribution is -0.0590. The number of carbonyl (C=O) groups is 1. The molecular formula is C13H19NO4S. The van der Waals surface area contributed by atoms with Crippen molar-refractivity contribution in [2.75, 3.05) is 6.26 Å². The fourth-order valence-electron chi connectivity index (χ4n) is 1.33. The smallest absolute Gasteiger partial charge is 0.268 e. The van der Waals surface area contributed by atoms with E-state index in [-0.39, 0.29) is 10.5 Å². The number of hydroxylamine groups is 1. The molecule has 19 heavy (non-hydrogen) atoms. The van der Waals surface area contributed by atoms with Crippen LogP contribution in [0, 0.1) is 6.92 Å². The van der Waals surface area contributed by atoms with Gasteiger partial charge in [-0.2, -0.15) is 0 Å². The monoisotopic (exact) mass is 285 g/mol. The minimum Gasteiger partial charge on any atom is -0.268 e. The predicted octanol–water partition coefficient (Wildman–Crippen LogP) is 1.86. The van der Waals surface area contributed by atoms with Gasteiger partial charge in [-0.05, 0) is 45.4 Å². The minimum atomic E-state index is -3.34. The van der Waals surface area contributed by atoms with Crippen LogP contribution in [0.15, 0.2) is 23.1 Å². The second kappa shape index (κ2) is 5.30. The summed E-state index contributed by atoms with van der Waals surface area (Å²) in [7, 11) is -3.34. The van der Waals surface area contributed by atoms with E-state index < -0.39 is 21.3 Å². The van der Waals surface area contributed by atoms with Crippen molar-refractivity contribution in [3.8, 4) is 0 Å². The van der Waals surface area contributed by atoms with Gasteiger partial charge in [-0.15, -0.1) is 0 Å². The van der Waals surface area contributed by atoms with Crippen molar-refractivity contribution < 1.29 is 18.0 Å². The molecule has 0 bridgehead atoms. The standard InChI is InChI=1S/C13H19NO4S/c1-9-6-7-10(19(5,16)17)8-11(9)12(15)14-18-13(2,3)4/h6-8H,1-5H3,(H,14,15). The topological polar surface area (TPSA) is 72.5 Å². The average molecular weight is 285 g/mol. The molecule has 0 saturated carbocycles. The van der Waals surface area contributed by atoms with Crippen molar-refractivity contribution in [2.45, 2.75) is 38.2 Å². The molecule has 1 rings (SSSR count). The van der Waals surface area contributed by atoms with Gasteiger partial charge in [0, 0.05) is 11.8 Å². The Morgan fingerprint density at radius 2 is 1.84 bits per heavy atom. The van der Waals surface area contributed by atoms with E-state index >= 15 is 0 Å². The molecule has 1 N–H and O–H groups in total. The van der Waals surface area contributed by atoms with Gasteiger partial charge in [0.2, 0.25) is 0 Å². The summed E-state index contributed by atoms with van der Waals surface area (Å²) < 4.78 is 22.9. The van der Waals surface area contributed by atoms with E-state index in [2.05, 4.69) is 5.48 Å². The third-order valence-corrected chi connectivity index (χ3v) is 3.44. The van der Waals surface area contributed by atoms with Crippen LogP contribution in [0.3, 0.4) is 0 Å². The van der Waals surface area contributed by atoms with Crippen molar-refractivity contribution in [1.82, 2.24) is 5.48 Å². The van der Waals surface area contributed by atoms with E-state index in [1.165, 1.54) is 12.1 Å². The number of hydrogen-bond acceptors (Lipinski definition) is 4. The molecule has 0 atom stereocenters. The second-order valence-electron chi connectivity index (χ2n) is 5.39. The molecule has 0 aliphatic rings. The number of benzene rings is 1. The molecule has 5 nitrogen and oxygen atoms in total. The Kier molecular flexibility index (Phi) is 4.37. The van der Waals surface area contributed by atoms with Crippen molar-refractivity contribution in [2.24, 2.45) is 0 Å². The summed E-state index contributed by atoms with van der Waals surface area (Å²) in [6.45, 7) is 7.13. The quantitative estimate of drug-likeness (QED) is 0.860. The number of aryl methyl sites for hydroxylation is 1. The van der Waals surface area contributed by atoms with E-state index in [1.807, 2.05) is 0 Å². The largest absolute Gasteiger partial charge is 0.275 e. The highest BCUT2D eigenvalue weighted by molar-refractivity contribution is 7.90. The van der Waals surface area contributed by atoms with Crippen LogP contribution in [0.4, 0.5) is 0 Å². The van der Waals surface area contributed by atoms with Gasteiger partial charge < -0.3 is 0 Å². The van der Waals surface area contributed by atoms with Gasteiger partial charge >= 0.3 is 0 Å². The van der Waals surface area contributed by atoms with Gasteiger partial charge in [0.25, 0.3) is 5.91 Å². The van der Waals surface area contributed by atoms with E-state index in [0.717, 1.165) is 6.26 Å². The maximum atomic E-state index is 12.0. The van der Waals surface area contributed by atoms with Crippen molar-refractivity contribution in [1.29, 1.82) is 0 Å². The molecule has 0 saturated heterocycles. The molecule has 0 unspecified atom stereocenters. The van der Waals surface area contributed by atoms with Crippen LogP contribution in [0.2, 0.25) is 0 Å². The molecule has 106 valence electrons. The van der Waals surface area contributed by atoms with Crippen LogP contribution in [0.25, 0.3) is 0 Å². The normalized spacial score (nSPS) is 12.3. The predicted molar refractivity (Wildman–Crippen MR) is 72.6 cm³/mol. The number of carbonyl (C=O) groups excluding carboxylic acids is 1. The molecular weight excluding hydrogens is 266 g/mol. The third-order valence-electron chi connectivity index (χ3n) is 2.33. The summed E-state index contributed by atoms with van der Waals surface area (Å²) >= 11 is 0. The molecule has 1 aromatic rings. The molecule has 0 fully saturated rings. The molecule has 0 spiro atoms. The summed E-state index contributed by atoms with van der Waals surface area (Å²) in [4.78, 5) is 17.2. The maximum Gasteiger partial charge on any atom is 0.275 e. The highest BCUT2D eigenvalue weighted by Crippen LogP contribution is 2.16. The minimum absolute atomic E-state index is 0.110. The van der Waals surface area contributed by atoms with Crippen LogP contribution in [0.5, 0.6) is 0 Å². The van der Waals surface area contributed by atoms with E-state index in [4.69, 9.17) is 4.84 Å². The highest BCUT2D eigenvalue weighted by Gasteiger charge is 2.17. The second-order valence-corrected chi connectivity index (χ2v) is 7.41. The zero-order chi connectivity index (χ0) is 14.8. The van der Waals surface area contributed by atoms with Crippen LogP contribution >= 0.6 is 0 Å². The fraction of sp³-hybridized carbons (Fsp3) is 0.462. The van der Waals surface area contributed by atoms with E-state index in [1.54, 1.807) is 33.8 Å². The zero-order valence-corrected chi connectivity index (χ0v) is 12.6. The number of rotatable bonds is 3. The van der Waals surface area contributed by atoms with Crippen LogP contribution < -0.4 is 5.48 Å². The summed E-state index contributed by atoms with van der Waals surface area (Å²) in [6.07, 6.45) is 1.10. The Hall–Kier alpha value is -1.40.